The van der Waals surface area contributed by atoms with E-state index in [2.05, 4.69) is 34.1 Å². The zero-order valence-corrected chi connectivity index (χ0v) is 13.3. The maximum absolute atomic E-state index is 5.82. The van der Waals surface area contributed by atoms with Crippen LogP contribution in [-0.2, 0) is 5.75 Å². The summed E-state index contributed by atoms with van der Waals surface area (Å²) in [5.74, 6) is 1.77. The lowest BCUT2D eigenvalue weighted by Gasteiger charge is -2.08. The van der Waals surface area contributed by atoms with Crippen LogP contribution in [0.25, 0.3) is 0 Å². The Bertz CT molecular complexity index is 586. The van der Waals surface area contributed by atoms with Gasteiger partial charge in [0.2, 0.25) is 0 Å². The van der Waals surface area contributed by atoms with Crippen LogP contribution in [0.15, 0.2) is 45.8 Å². The SMILES string of the molecule is COc1ccc(Br)c(CSc2ccc(N)c(C)c2)c1. The first-order valence-electron chi connectivity index (χ1n) is 5.91. The number of anilines is 1. The molecule has 0 aliphatic carbocycles. The van der Waals surface area contributed by atoms with Gasteiger partial charge in [-0.15, -0.1) is 11.8 Å². The largest absolute Gasteiger partial charge is 0.497 e. The Kier molecular flexibility index (Phi) is 4.77. The summed E-state index contributed by atoms with van der Waals surface area (Å²) in [5, 5.41) is 0. The number of benzene rings is 2. The van der Waals surface area contributed by atoms with Crippen molar-refractivity contribution < 1.29 is 4.74 Å². The zero-order valence-electron chi connectivity index (χ0n) is 10.9. The summed E-state index contributed by atoms with van der Waals surface area (Å²) >= 11 is 5.36. The van der Waals surface area contributed by atoms with E-state index in [1.807, 2.05) is 25.1 Å². The quantitative estimate of drug-likeness (QED) is 0.651. The molecule has 2 rings (SSSR count). The highest BCUT2D eigenvalue weighted by atomic mass is 79.9. The summed E-state index contributed by atoms with van der Waals surface area (Å²) in [6.07, 6.45) is 0. The van der Waals surface area contributed by atoms with Gasteiger partial charge in [-0.1, -0.05) is 15.9 Å². The van der Waals surface area contributed by atoms with Crippen LogP contribution in [0, 0.1) is 6.92 Å². The van der Waals surface area contributed by atoms with Gasteiger partial charge in [0.1, 0.15) is 5.75 Å². The molecule has 0 spiro atoms. The average Bonchev–Trinajstić information content (AvgIpc) is 2.41. The van der Waals surface area contributed by atoms with E-state index in [9.17, 15) is 0 Å². The van der Waals surface area contributed by atoms with Gasteiger partial charge in [0.05, 0.1) is 7.11 Å². The number of aryl methyl sites for hydroxylation is 1. The van der Waals surface area contributed by atoms with Crippen LogP contribution in [0.3, 0.4) is 0 Å². The standard InChI is InChI=1S/C15H16BrNOS/c1-10-7-13(4-6-15(10)17)19-9-11-8-12(18-2)3-5-14(11)16/h3-8H,9,17H2,1-2H3. The monoisotopic (exact) mass is 337 g/mol. The van der Waals surface area contributed by atoms with Gasteiger partial charge >= 0.3 is 0 Å². The molecule has 2 N–H and O–H groups in total. The molecule has 0 bridgehead atoms. The van der Waals surface area contributed by atoms with Crippen LogP contribution < -0.4 is 10.5 Å². The van der Waals surface area contributed by atoms with Crippen LogP contribution in [0.5, 0.6) is 5.75 Å². The molecular formula is C15H16BrNOS. The second-order valence-electron chi connectivity index (χ2n) is 4.26. The van der Waals surface area contributed by atoms with Crippen LogP contribution in [-0.4, -0.2) is 7.11 Å². The molecule has 0 heterocycles. The van der Waals surface area contributed by atoms with Crippen molar-refractivity contribution in [3.05, 3.63) is 52.0 Å². The van der Waals surface area contributed by atoms with Crippen molar-refractivity contribution in [1.29, 1.82) is 0 Å². The van der Waals surface area contributed by atoms with Crippen LogP contribution >= 0.6 is 27.7 Å². The maximum Gasteiger partial charge on any atom is 0.119 e. The predicted octanol–water partition coefficient (Wildman–Crippen LogP) is 4.64. The third kappa shape index (κ3) is 3.67. The van der Waals surface area contributed by atoms with E-state index in [0.29, 0.717) is 0 Å². The van der Waals surface area contributed by atoms with E-state index >= 15 is 0 Å². The van der Waals surface area contributed by atoms with Crippen LogP contribution in [0.2, 0.25) is 0 Å². The van der Waals surface area contributed by atoms with Gasteiger partial charge in [-0.3, -0.25) is 0 Å². The molecule has 2 aromatic rings. The van der Waals surface area contributed by atoms with Gasteiger partial charge in [-0.25, -0.2) is 0 Å². The molecule has 100 valence electrons. The average molecular weight is 338 g/mol. The molecule has 0 saturated carbocycles. The smallest absolute Gasteiger partial charge is 0.119 e. The second-order valence-corrected chi connectivity index (χ2v) is 6.17. The number of rotatable bonds is 4. The fourth-order valence-electron chi connectivity index (χ4n) is 1.69. The van der Waals surface area contributed by atoms with E-state index in [-0.39, 0.29) is 0 Å². The molecule has 0 fully saturated rings. The minimum absolute atomic E-state index is 0.840. The highest BCUT2D eigenvalue weighted by Crippen LogP contribution is 2.30. The second kappa shape index (κ2) is 6.35. The van der Waals surface area contributed by atoms with Crippen molar-refractivity contribution in [1.82, 2.24) is 0 Å². The van der Waals surface area contributed by atoms with Crippen molar-refractivity contribution in [2.75, 3.05) is 12.8 Å². The molecule has 0 aliphatic heterocycles. The first kappa shape index (κ1) is 14.3. The van der Waals surface area contributed by atoms with Crippen LogP contribution in [0.4, 0.5) is 5.69 Å². The summed E-state index contributed by atoms with van der Waals surface area (Å²) in [5.41, 5.74) is 9.01. The lowest BCUT2D eigenvalue weighted by molar-refractivity contribution is 0.414. The first-order valence-corrected chi connectivity index (χ1v) is 7.69. The number of hydrogen-bond acceptors (Lipinski definition) is 3. The van der Waals surface area contributed by atoms with Crippen molar-refractivity contribution in [2.45, 2.75) is 17.6 Å². The van der Waals surface area contributed by atoms with Crippen molar-refractivity contribution in [3.8, 4) is 5.75 Å². The Morgan fingerprint density at radius 2 is 2.00 bits per heavy atom. The van der Waals surface area contributed by atoms with Gasteiger partial charge in [0.15, 0.2) is 0 Å². The van der Waals surface area contributed by atoms with E-state index in [0.717, 1.165) is 27.2 Å². The summed E-state index contributed by atoms with van der Waals surface area (Å²) in [7, 11) is 1.68. The fourth-order valence-corrected chi connectivity index (χ4v) is 3.25. The molecule has 0 aromatic heterocycles. The Balaban J connectivity index is 2.11. The Hall–Kier alpha value is -1.13. The van der Waals surface area contributed by atoms with Gasteiger partial charge in [-0.05, 0) is 54.4 Å². The highest BCUT2D eigenvalue weighted by Gasteiger charge is 2.04. The topological polar surface area (TPSA) is 35.2 Å². The number of ether oxygens (including phenoxy) is 1. The molecule has 0 unspecified atom stereocenters. The third-order valence-electron chi connectivity index (χ3n) is 2.89. The molecule has 0 atom stereocenters. The molecular weight excluding hydrogens is 322 g/mol. The van der Waals surface area contributed by atoms with Crippen molar-refractivity contribution >= 4 is 33.4 Å². The van der Waals surface area contributed by atoms with Gasteiger partial charge in [-0.2, -0.15) is 0 Å². The lowest BCUT2D eigenvalue weighted by Crippen LogP contribution is -1.90. The molecule has 0 radical (unpaired) electrons. The summed E-state index contributed by atoms with van der Waals surface area (Å²) in [6.45, 7) is 2.03. The van der Waals surface area contributed by atoms with Gasteiger partial charge in [0, 0.05) is 20.8 Å². The first-order chi connectivity index (χ1) is 9.10. The molecule has 2 aromatic carbocycles. The third-order valence-corrected chi connectivity index (χ3v) is 4.70. The van der Waals surface area contributed by atoms with E-state index in [4.69, 9.17) is 10.5 Å². The normalized spacial score (nSPS) is 10.5. The summed E-state index contributed by atoms with van der Waals surface area (Å²) < 4.78 is 6.35. The number of hydrogen-bond donors (Lipinski definition) is 1. The van der Waals surface area contributed by atoms with Gasteiger partial charge in [0.25, 0.3) is 0 Å². The Labute approximate surface area is 126 Å². The molecule has 19 heavy (non-hydrogen) atoms. The highest BCUT2D eigenvalue weighted by molar-refractivity contribution is 9.10. The zero-order chi connectivity index (χ0) is 13.8. The number of nitrogen functional groups attached to an aromatic ring is 1. The molecule has 0 amide bonds. The van der Waals surface area contributed by atoms with Gasteiger partial charge < -0.3 is 10.5 Å². The number of thioether (sulfide) groups is 1. The number of nitrogens with two attached hydrogens (primary N) is 1. The molecule has 4 heteroatoms. The summed E-state index contributed by atoms with van der Waals surface area (Å²) in [6, 6.07) is 12.2. The predicted molar refractivity (Wildman–Crippen MR) is 85.8 cm³/mol. The summed E-state index contributed by atoms with van der Waals surface area (Å²) in [4.78, 5) is 1.22. The maximum atomic E-state index is 5.82. The Morgan fingerprint density at radius 1 is 1.21 bits per heavy atom. The van der Waals surface area contributed by atoms with Crippen molar-refractivity contribution in [2.24, 2.45) is 0 Å². The number of methoxy groups -OCH3 is 1. The minimum Gasteiger partial charge on any atom is -0.497 e. The minimum atomic E-state index is 0.840. The van der Waals surface area contributed by atoms with Crippen LogP contribution in [0.1, 0.15) is 11.1 Å². The Morgan fingerprint density at radius 3 is 2.68 bits per heavy atom. The molecule has 2 nitrogen and oxygen atoms in total. The van der Waals surface area contributed by atoms with E-state index < -0.39 is 0 Å². The lowest BCUT2D eigenvalue weighted by atomic mass is 10.2. The van der Waals surface area contributed by atoms with Crippen molar-refractivity contribution in [3.63, 3.8) is 0 Å². The fraction of sp³-hybridized carbons (Fsp3) is 0.200. The number of halogens is 1. The molecule has 0 saturated heterocycles. The van der Waals surface area contributed by atoms with E-state index in [1.165, 1.54) is 10.5 Å². The van der Waals surface area contributed by atoms with E-state index in [1.54, 1.807) is 18.9 Å². The molecule has 0 aliphatic rings.